The summed E-state index contributed by atoms with van der Waals surface area (Å²) in [6.07, 6.45) is 11.8. The summed E-state index contributed by atoms with van der Waals surface area (Å²) in [7, 11) is 1.74. The van der Waals surface area contributed by atoms with E-state index < -0.39 is 5.60 Å². The molecule has 102 valence electrons. The monoisotopic (exact) mass is 250 g/mol. The fourth-order valence-electron chi connectivity index (χ4n) is 4.77. The van der Waals surface area contributed by atoms with Crippen LogP contribution in [-0.2, 0) is 9.53 Å². The Labute approximate surface area is 110 Å². The van der Waals surface area contributed by atoms with Gasteiger partial charge in [-0.3, -0.25) is 4.79 Å². The third-order valence-corrected chi connectivity index (χ3v) is 5.89. The summed E-state index contributed by atoms with van der Waals surface area (Å²) in [4.78, 5) is 12.7. The highest BCUT2D eigenvalue weighted by Crippen LogP contribution is 2.50. The smallest absolute Gasteiger partial charge is 0.164 e. The number of ether oxygens (including phenoxy) is 1. The van der Waals surface area contributed by atoms with Crippen LogP contribution in [0.3, 0.4) is 0 Å². The number of hydrogen-bond acceptors (Lipinski definition) is 2. The van der Waals surface area contributed by atoms with Crippen molar-refractivity contribution in [3.05, 3.63) is 0 Å². The molecule has 3 rings (SSSR count). The third kappa shape index (κ3) is 2.13. The first-order valence-corrected chi connectivity index (χ1v) is 7.82. The van der Waals surface area contributed by atoms with Crippen molar-refractivity contribution in [1.82, 2.24) is 0 Å². The van der Waals surface area contributed by atoms with E-state index in [1.807, 2.05) is 0 Å². The van der Waals surface area contributed by atoms with E-state index in [-0.39, 0.29) is 0 Å². The molecular weight excluding hydrogens is 224 g/mol. The van der Waals surface area contributed by atoms with E-state index >= 15 is 0 Å². The maximum Gasteiger partial charge on any atom is 0.164 e. The molecule has 2 heteroatoms. The van der Waals surface area contributed by atoms with Gasteiger partial charge in [-0.25, -0.2) is 0 Å². The van der Waals surface area contributed by atoms with E-state index in [4.69, 9.17) is 4.74 Å². The van der Waals surface area contributed by atoms with Crippen molar-refractivity contribution in [1.29, 1.82) is 0 Å². The lowest BCUT2D eigenvalue weighted by Gasteiger charge is -2.36. The third-order valence-electron chi connectivity index (χ3n) is 5.89. The minimum atomic E-state index is -0.403. The fraction of sp³-hybridized carbons (Fsp3) is 0.938. The first-order chi connectivity index (χ1) is 8.73. The van der Waals surface area contributed by atoms with E-state index in [1.165, 1.54) is 32.1 Å². The molecule has 0 saturated heterocycles. The quantitative estimate of drug-likeness (QED) is 0.760. The molecule has 2 nitrogen and oxygen atoms in total. The van der Waals surface area contributed by atoms with Crippen molar-refractivity contribution in [3.8, 4) is 0 Å². The summed E-state index contributed by atoms with van der Waals surface area (Å²) >= 11 is 0. The molecule has 3 fully saturated rings. The van der Waals surface area contributed by atoms with Crippen molar-refractivity contribution >= 4 is 5.78 Å². The first kappa shape index (κ1) is 12.7. The molecule has 2 bridgehead atoms. The maximum atomic E-state index is 12.7. The number of carbonyl (C=O) groups is 1. The van der Waals surface area contributed by atoms with Gasteiger partial charge in [0.2, 0.25) is 0 Å². The molecule has 3 unspecified atom stereocenters. The number of ketones is 1. The highest BCUT2D eigenvalue weighted by atomic mass is 16.5. The van der Waals surface area contributed by atoms with E-state index in [0.29, 0.717) is 11.7 Å². The second-order valence-corrected chi connectivity index (χ2v) is 6.82. The molecule has 3 saturated carbocycles. The molecule has 3 aliphatic rings. The zero-order valence-corrected chi connectivity index (χ0v) is 11.6. The van der Waals surface area contributed by atoms with Gasteiger partial charge in [0.1, 0.15) is 5.60 Å². The SMILES string of the molecule is COC1(C(=O)CC2CC3CCC2C3)CCCCC1. The average Bonchev–Trinajstić information content (AvgIpc) is 3.01. The molecule has 0 radical (unpaired) electrons. The molecule has 0 aliphatic heterocycles. The van der Waals surface area contributed by atoms with Crippen molar-refractivity contribution < 1.29 is 9.53 Å². The van der Waals surface area contributed by atoms with Gasteiger partial charge < -0.3 is 4.74 Å². The number of hydrogen-bond donors (Lipinski definition) is 0. The number of methoxy groups -OCH3 is 1. The van der Waals surface area contributed by atoms with Crippen molar-refractivity contribution in [2.45, 2.75) is 69.8 Å². The summed E-state index contributed by atoms with van der Waals surface area (Å²) in [5, 5.41) is 0. The van der Waals surface area contributed by atoms with E-state index in [9.17, 15) is 4.79 Å². The van der Waals surface area contributed by atoms with Crippen molar-refractivity contribution in [2.24, 2.45) is 17.8 Å². The lowest BCUT2D eigenvalue weighted by atomic mass is 9.76. The second kappa shape index (κ2) is 4.96. The van der Waals surface area contributed by atoms with Crippen LogP contribution in [0.2, 0.25) is 0 Å². The predicted molar refractivity (Wildman–Crippen MR) is 71.4 cm³/mol. The molecule has 0 aromatic carbocycles. The van der Waals surface area contributed by atoms with Gasteiger partial charge in [-0.1, -0.05) is 25.7 Å². The van der Waals surface area contributed by atoms with Gasteiger partial charge in [0.15, 0.2) is 5.78 Å². The standard InChI is InChI=1S/C16H26O2/c1-18-16(7-3-2-4-8-16)15(17)11-14-10-12-5-6-13(14)9-12/h12-14H,2-11H2,1H3. The van der Waals surface area contributed by atoms with Crippen LogP contribution in [0.25, 0.3) is 0 Å². The van der Waals surface area contributed by atoms with Crippen LogP contribution in [0.1, 0.15) is 64.2 Å². The number of rotatable bonds is 4. The van der Waals surface area contributed by atoms with Gasteiger partial charge in [-0.05, 0) is 49.9 Å². The Morgan fingerprint density at radius 3 is 2.50 bits per heavy atom. The van der Waals surface area contributed by atoms with Gasteiger partial charge >= 0.3 is 0 Å². The van der Waals surface area contributed by atoms with E-state index in [1.54, 1.807) is 7.11 Å². The normalized spacial score (nSPS) is 37.9. The Morgan fingerprint density at radius 2 is 1.94 bits per heavy atom. The van der Waals surface area contributed by atoms with E-state index in [2.05, 4.69) is 0 Å². The zero-order valence-electron chi connectivity index (χ0n) is 11.6. The predicted octanol–water partition coefficient (Wildman–Crippen LogP) is 3.73. The van der Waals surface area contributed by atoms with Crippen LogP contribution >= 0.6 is 0 Å². The minimum Gasteiger partial charge on any atom is -0.370 e. The minimum absolute atomic E-state index is 0.403. The summed E-state index contributed by atoms with van der Waals surface area (Å²) in [6, 6.07) is 0. The van der Waals surface area contributed by atoms with Gasteiger partial charge in [0.05, 0.1) is 0 Å². The molecule has 0 aromatic heterocycles. The van der Waals surface area contributed by atoms with Crippen molar-refractivity contribution in [2.75, 3.05) is 7.11 Å². The molecule has 0 spiro atoms. The average molecular weight is 250 g/mol. The molecule has 0 amide bonds. The largest absolute Gasteiger partial charge is 0.370 e. The number of fused-ring (bicyclic) bond motifs is 2. The molecule has 0 aromatic rings. The Morgan fingerprint density at radius 1 is 1.17 bits per heavy atom. The molecule has 3 aliphatic carbocycles. The fourth-order valence-corrected chi connectivity index (χ4v) is 4.77. The van der Waals surface area contributed by atoms with Gasteiger partial charge in [-0.15, -0.1) is 0 Å². The Hall–Kier alpha value is -0.370. The van der Waals surface area contributed by atoms with Crippen LogP contribution < -0.4 is 0 Å². The highest BCUT2D eigenvalue weighted by Gasteiger charge is 2.45. The van der Waals surface area contributed by atoms with Gasteiger partial charge in [0.25, 0.3) is 0 Å². The summed E-state index contributed by atoms with van der Waals surface area (Å²) in [5.74, 6) is 2.90. The Bertz CT molecular complexity index is 317. The molecule has 3 atom stereocenters. The summed E-state index contributed by atoms with van der Waals surface area (Å²) < 4.78 is 5.68. The van der Waals surface area contributed by atoms with Crippen molar-refractivity contribution in [3.63, 3.8) is 0 Å². The molecule has 0 N–H and O–H groups in total. The Kier molecular flexibility index (Phi) is 3.48. The summed E-state index contributed by atoms with van der Waals surface area (Å²) in [6.45, 7) is 0. The van der Waals surface area contributed by atoms with Crippen LogP contribution in [-0.4, -0.2) is 18.5 Å². The maximum absolute atomic E-state index is 12.7. The van der Waals surface area contributed by atoms with Crippen LogP contribution in [0, 0.1) is 17.8 Å². The summed E-state index contributed by atoms with van der Waals surface area (Å²) in [5.41, 5.74) is -0.403. The second-order valence-electron chi connectivity index (χ2n) is 6.82. The lowest BCUT2D eigenvalue weighted by Crippen LogP contribution is -2.43. The highest BCUT2D eigenvalue weighted by molar-refractivity contribution is 5.87. The number of Topliss-reactive ketones (excluding diaryl/α,β-unsaturated/α-hetero) is 1. The Balaban J connectivity index is 1.63. The molecule has 0 heterocycles. The van der Waals surface area contributed by atoms with Gasteiger partial charge in [-0.2, -0.15) is 0 Å². The zero-order chi connectivity index (χ0) is 12.6. The number of carbonyl (C=O) groups excluding carboxylic acids is 1. The first-order valence-electron chi connectivity index (χ1n) is 7.82. The van der Waals surface area contributed by atoms with E-state index in [0.717, 1.165) is 43.9 Å². The molecule has 18 heavy (non-hydrogen) atoms. The lowest BCUT2D eigenvalue weighted by molar-refractivity contribution is -0.146. The van der Waals surface area contributed by atoms with Gasteiger partial charge in [0, 0.05) is 13.5 Å². The van der Waals surface area contributed by atoms with Crippen LogP contribution in [0.15, 0.2) is 0 Å². The molecular formula is C16H26O2. The van der Waals surface area contributed by atoms with Crippen LogP contribution in [0.5, 0.6) is 0 Å². The van der Waals surface area contributed by atoms with Crippen LogP contribution in [0.4, 0.5) is 0 Å². The topological polar surface area (TPSA) is 26.3 Å².